The summed E-state index contributed by atoms with van der Waals surface area (Å²) in [5, 5.41) is 25.1. The van der Waals surface area contributed by atoms with Gasteiger partial charge in [-0.05, 0) is 83.9 Å². The number of nitrogens with one attached hydrogen (secondary N) is 2. The Labute approximate surface area is 326 Å². The molecule has 15 nitrogen and oxygen atoms in total. The van der Waals surface area contributed by atoms with Gasteiger partial charge in [-0.25, -0.2) is 9.59 Å². The molecule has 6 rings (SSSR count). The first-order chi connectivity index (χ1) is 21.6. The van der Waals surface area contributed by atoms with Crippen LogP contribution < -0.4 is 52.5 Å². The molecule has 0 unspecified atom stereocenters. The molecule has 0 atom stereocenters. The van der Waals surface area contributed by atoms with Crippen LogP contribution in [-0.2, 0) is 4.79 Å². The third-order valence-electron chi connectivity index (χ3n) is 4.63. The Balaban J connectivity index is -0.000000530. The van der Waals surface area contributed by atoms with E-state index in [0.29, 0.717) is 28.1 Å². The first-order valence-corrected chi connectivity index (χ1v) is 14.6. The number of aromatic hydroxyl groups is 2. The predicted octanol–water partition coefficient (Wildman–Crippen LogP) is 3.39. The number of phenolic OH excluding ortho intramolecular Hbond substituents is 2. The Morgan fingerprint density at radius 1 is 0.714 bits per heavy atom. The van der Waals surface area contributed by atoms with E-state index in [1.165, 1.54) is 0 Å². The zero-order valence-electron chi connectivity index (χ0n) is 25.5. The van der Waals surface area contributed by atoms with Crippen molar-refractivity contribution < 1.29 is 74.3 Å². The number of nitrogen functional groups attached to an aromatic ring is 2. The number of carboxylic acids is 1. The zero-order chi connectivity index (χ0) is 34.8. The predicted molar refractivity (Wildman–Crippen MR) is 190 cm³/mol. The average Bonchev–Trinajstić information content (AvgIpc) is 3.53. The summed E-state index contributed by atoms with van der Waals surface area (Å²) in [5.74, 6) is -1.38. The molecule has 20 heteroatoms. The zero-order valence-corrected chi connectivity index (χ0v) is 32.2. The number of hydrogen-bond acceptors (Lipinski definition) is 11. The maximum absolute atomic E-state index is 10.7. The van der Waals surface area contributed by atoms with Gasteiger partial charge in [0.25, 0.3) is 5.97 Å². The number of aromatic nitrogens is 2. The van der Waals surface area contributed by atoms with Gasteiger partial charge in [0.15, 0.2) is 11.2 Å². The van der Waals surface area contributed by atoms with Gasteiger partial charge in [-0.1, -0.05) is 56.1 Å². The van der Waals surface area contributed by atoms with Crippen LogP contribution in [-0.4, -0.2) is 46.9 Å². The summed E-state index contributed by atoms with van der Waals surface area (Å²) in [7, 11) is 0. The number of anilines is 2. The second kappa shape index (κ2) is 26.1. The van der Waals surface area contributed by atoms with E-state index in [2.05, 4.69) is 65.0 Å². The van der Waals surface area contributed by atoms with Crippen molar-refractivity contribution in [3.63, 3.8) is 0 Å². The Bertz CT molecular complexity index is 1910. The number of benzene rings is 4. The van der Waals surface area contributed by atoms with Crippen molar-refractivity contribution in [3.8, 4) is 11.5 Å². The molecule has 0 radical (unpaired) electrons. The molecule has 0 saturated heterocycles. The third-order valence-corrected chi connectivity index (χ3v) is 5.62. The fourth-order valence-electron chi connectivity index (χ4n) is 2.83. The topological polar surface area (TPSA) is 300 Å². The van der Waals surface area contributed by atoms with E-state index in [0.717, 1.165) is 21.4 Å². The summed E-state index contributed by atoms with van der Waals surface area (Å²) in [6, 6.07) is 24.2. The number of carbonyl (C=O) groups is 2. The molecule has 49 heavy (non-hydrogen) atoms. The first kappa shape index (κ1) is 49.6. The molecule has 6 aromatic rings. The van der Waals surface area contributed by atoms with E-state index in [4.69, 9.17) is 45.2 Å². The van der Waals surface area contributed by atoms with Gasteiger partial charge in [-0.2, -0.15) is 0 Å². The van der Waals surface area contributed by atoms with Gasteiger partial charge in [-0.15, -0.1) is 0 Å². The summed E-state index contributed by atoms with van der Waals surface area (Å²) < 4.78 is 10.5. The number of halogens is 4. The van der Waals surface area contributed by atoms with Gasteiger partial charge in [0, 0.05) is 15.9 Å². The maximum Gasteiger partial charge on any atom is 1.00 e. The monoisotopic (exact) mass is 860 g/mol. The molecule has 0 aliphatic rings. The van der Waals surface area contributed by atoms with Gasteiger partial charge < -0.3 is 46.6 Å². The van der Waals surface area contributed by atoms with E-state index >= 15 is 0 Å². The number of para-hydroxylation sites is 4. The van der Waals surface area contributed by atoms with Crippen molar-refractivity contribution in [3.05, 3.63) is 115 Å². The maximum atomic E-state index is 10.7. The van der Waals surface area contributed by atoms with Gasteiger partial charge in [0.2, 0.25) is 0 Å². The molecule has 0 aliphatic carbocycles. The summed E-state index contributed by atoms with van der Waals surface area (Å²) in [4.78, 5) is 44.3. The van der Waals surface area contributed by atoms with E-state index in [9.17, 15) is 9.59 Å². The van der Waals surface area contributed by atoms with E-state index in [-0.39, 0.29) is 52.0 Å². The minimum Gasteiger partial charge on any atom is -0.870 e. The van der Waals surface area contributed by atoms with Gasteiger partial charge in [0.05, 0.1) is 22.4 Å². The van der Waals surface area contributed by atoms with Crippen LogP contribution in [0.2, 0.25) is 0 Å². The second-order valence-corrected chi connectivity index (χ2v) is 10.9. The van der Waals surface area contributed by atoms with Crippen LogP contribution in [0, 0.1) is 0 Å². The largest absolute Gasteiger partial charge is 1.00 e. The van der Waals surface area contributed by atoms with E-state index in [1.54, 1.807) is 66.7 Å². The molecule has 260 valence electrons. The third kappa shape index (κ3) is 21.7. The number of nitrogens with two attached hydrogens (primary N) is 2. The number of phenols is 2. The van der Waals surface area contributed by atoms with Crippen LogP contribution in [0.1, 0.15) is 6.92 Å². The molecule has 2 heterocycles. The van der Waals surface area contributed by atoms with Crippen molar-refractivity contribution in [2.45, 2.75) is 6.92 Å². The molecule has 12 N–H and O–H groups in total. The molecule has 0 spiro atoms. The van der Waals surface area contributed by atoms with E-state index in [1.807, 2.05) is 18.2 Å². The van der Waals surface area contributed by atoms with Gasteiger partial charge in [-0.3, -0.25) is 19.6 Å². The van der Waals surface area contributed by atoms with Crippen LogP contribution in [0.4, 0.5) is 16.2 Å². The molecule has 0 aliphatic heterocycles. The minimum atomic E-state index is -0.889. The van der Waals surface area contributed by atoms with Gasteiger partial charge in [0.1, 0.15) is 11.5 Å². The molecule has 0 bridgehead atoms. The molecular weight excluding hydrogens is 834 g/mol. The van der Waals surface area contributed by atoms with Crippen LogP contribution >= 0.6 is 55.1 Å². The standard InChI is InChI=1S/C7H4BrNO2.C7H5NO2.C6H6BrNO.C6H7NO.C2H4O2.CCl2O.Na.2H2O/c8-4-1-2-6-5(3-4)9-7(10)11-6;9-7-8-5-3-1-2-4-6(5)10-7;7-4-1-2-6(9)5(8)3-4;7-5-3-1-2-4-6(5)8;1-2(3)4;2-1(3)4;;;/h1-3H,(H,9,10);1-4H,(H,8,9);1-3,9H,8H2;1-4,8H,7H2;1H3,(H,3,4);;;2*1H2/q;;;;;;+1;;/p-1. The molecule has 4 aromatic carbocycles. The number of rotatable bonds is 0. The fraction of sp³-hybridized carbons (Fsp3) is 0.0345. The smallest absolute Gasteiger partial charge is 0.870 e. The Morgan fingerprint density at radius 3 is 1.57 bits per heavy atom. The Hall–Kier alpha value is -3.78. The number of carbonyl (C=O) groups excluding carboxylic acids is 1. The van der Waals surface area contributed by atoms with Crippen LogP contribution in [0.5, 0.6) is 11.5 Å². The SMILES string of the molecule is CC(=O)O.Nc1cc(Br)ccc1O.Nc1ccccc1O.O.O=C(Cl)Cl.O=c1[nH]c2cc(Br)ccc2o1.O=c1[nH]c2ccccc2o1.[Na+].[OH-]. The number of hydrogen-bond donors (Lipinski definition) is 7. The average molecular weight is 863 g/mol. The quantitative estimate of drug-likeness (QED) is 0.0501. The summed E-state index contributed by atoms with van der Waals surface area (Å²) >= 11 is 15.3. The Kier molecular flexibility index (Phi) is 26.5. The normalized spacial score (nSPS) is 8.76. The van der Waals surface area contributed by atoms with Crippen molar-refractivity contribution in [1.82, 2.24) is 9.97 Å². The molecule has 2 aromatic heterocycles. The van der Waals surface area contributed by atoms with Crippen molar-refractivity contribution in [2.24, 2.45) is 0 Å². The van der Waals surface area contributed by atoms with Gasteiger partial charge >= 0.3 is 45.8 Å². The molecule has 0 saturated carbocycles. The van der Waals surface area contributed by atoms with E-state index < -0.39 is 22.2 Å². The van der Waals surface area contributed by atoms with Crippen molar-refractivity contribution >= 4 is 99.3 Å². The first-order valence-electron chi connectivity index (χ1n) is 12.3. The second-order valence-electron chi connectivity index (χ2n) is 8.17. The number of carboxylic acid groups (broad SMARTS) is 1. The molecule has 0 fully saturated rings. The molecule has 0 amide bonds. The number of fused-ring (bicyclic) bond motifs is 2. The van der Waals surface area contributed by atoms with Crippen molar-refractivity contribution in [2.75, 3.05) is 11.5 Å². The van der Waals surface area contributed by atoms with Crippen LogP contribution in [0.15, 0.2) is 112 Å². The number of aliphatic carboxylic acids is 1. The number of oxazole rings is 2. The summed E-state index contributed by atoms with van der Waals surface area (Å²) in [6.07, 6.45) is 0. The molecular formula is C29H29Br2Cl2N4NaO11. The van der Waals surface area contributed by atoms with Crippen molar-refractivity contribution in [1.29, 1.82) is 0 Å². The summed E-state index contributed by atoms with van der Waals surface area (Å²) in [5.41, 5.74) is 14.1. The minimum absolute atomic E-state index is 0. The Morgan fingerprint density at radius 2 is 1.12 bits per heavy atom. The summed E-state index contributed by atoms with van der Waals surface area (Å²) in [6.45, 7) is 1.08. The number of H-pyrrole nitrogens is 2. The van der Waals surface area contributed by atoms with Crippen LogP contribution in [0.25, 0.3) is 22.2 Å². The fourth-order valence-corrected chi connectivity index (χ4v) is 3.57. The number of aromatic amines is 2. The van der Waals surface area contributed by atoms with Crippen LogP contribution in [0.3, 0.4) is 0 Å².